The van der Waals surface area contributed by atoms with E-state index in [9.17, 15) is 9.59 Å². The van der Waals surface area contributed by atoms with Gasteiger partial charge in [0.05, 0.1) is 5.56 Å². The first kappa shape index (κ1) is 21.2. The first-order valence-corrected chi connectivity index (χ1v) is 8.81. The monoisotopic (exact) mass is 348 g/mol. The minimum Gasteiger partial charge on any atom is -0.457 e. The number of rotatable bonds is 6. The molecule has 0 saturated heterocycles. The highest BCUT2D eigenvalue weighted by Crippen LogP contribution is 2.26. The Morgan fingerprint density at radius 1 is 0.880 bits per heavy atom. The molecule has 0 atom stereocenters. The maximum atomic E-state index is 12.4. The second-order valence-corrected chi connectivity index (χ2v) is 8.79. The van der Waals surface area contributed by atoms with Gasteiger partial charge in [-0.25, -0.2) is 9.59 Å². The lowest BCUT2D eigenvalue weighted by molar-refractivity contribution is -0.174. The molecular formula is C21H32O4. The Hall–Kier alpha value is -1.84. The van der Waals surface area contributed by atoms with Gasteiger partial charge < -0.3 is 9.47 Å². The number of hydrogen-bond donors (Lipinski definition) is 0. The maximum absolute atomic E-state index is 12.4. The molecule has 0 heterocycles. The van der Waals surface area contributed by atoms with Crippen molar-refractivity contribution in [2.24, 2.45) is 5.41 Å². The van der Waals surface area contributed by atoms with Crippen molar-refractivity contribution in [1.82, 2.24) is 0 Å². The van der Waals surface area contributed by atoms with Crippen LogP contribution < -0.4 is 0 Å². The van der Waals surface area contributed by atoms with Crippen LogP contribution in [0.3, 0.4) is 0 Å². The van der Waals surface area contributed by atoms with Crippen LogP contribution in [0, 0.1) is 5.41 Å². The van der Waals surface area contributed by atoms with Crippen molar-refractivity contribution in [2.45, 2.75) is 79.4 Å². The quantitative estimate of drug-likeness (QED) is 0.683. The number of esters is 2. The number of carbonyl (C=O) groups excluding carboxylic acids is 2. The summed E-state index contributed by atoms with van der Waals surface area (Å²) in [4.78, 5) is 24.5. The Morgan fingerprint density at radius 3 is 1.84 bits per heavy atom. The predicted molar refractivity (Wildman–Crippen MR) is 99.6 cm³/mol. The minimum absolute atomic E-state index is 0.223. The summed E-state index contributed by atoms with van der Waals surface area (Å²) in [5.74, 6) is -1.09. The standard InChI is InChI=1S/C21H32O4/c1-9-20(5,6)14-15-10-12-16(13-11-15)17(22)24-21(7,8)18(23)25-19(2,3)4/h10-13H,9,14H2,1-8H3. The maximum Gasteiger partial charge on any atom is 0.350 e. The molecule has 0 bridgehead atoms. The summed E-state index contributed by atoms with van der Waals surface area (Å²) in [6.45, 7) is 15.0. The van der Waals surface area contributed by atoms with Crippen molar-refractivity contribution in [3.05, 3.63) is 35.4 Å². The molecule has 0 aliphatic heterocycles. The van der Waals surface area contributed by atoms with Crippen molar-refractivity contribution >= 4 is 11.9 Å². The van der Waals surface area contributed by atoms with Crippen LogP contribution >= 0.6 is 0 Å². The molecule has 0 aliphatic rings. The van der Waals surface area contributed by atoms with E-state index in [0.717, 1.165) is 12.8 Å². The Labute approximate surface area is 151 Å². The number of ether oxygens (including phenoxy) is 2. The van der Waals surface area contributed by atoms with Gasteiger partial charge in [0, 0.05) is 0 Å². The minimum atomic E-state index is -1.34. The predicted octanol–water partition coefficient (Wildman–Crippen LogP) is 4.94. The molecule has 140 valence electrons. The third-order valence-corrected chi connectivity index (χ3v) is 4.07. The molecule has 0 radical (unpaired) electrons. The van der Waals surface area contributed by atoms with E-state index in [0.29, 0.717) is 5.56 Å². The van der Waals surface area contributed by atoms with Gasteiger partial charge in [-0.05, 0) is 64.2 Å². The molecule has 25 heavy (non-hydrogen) atoms. The van der Waals surface area contributed by atoms with Gasteiger partial charge in [0.25, 0.3) is 0 Å². The zero-order chi connectivity index (χ0) is 19.5. The van der Waals surface area contributed by atoms with E-state index in [1.54, 1.807) is 32.9 Å². The van der Waals surface area contributed by atoms with Crippen molar-refractivity contribution in [1.29, 1.82) is 0 Å². The molecule has 0 unspecified atom stereocenters. The molecule has 1 aromatic rings. The third-order valence-electron chi connectivity index (χ3n) is 4.07. The van der Waals surface area contributed by atoms with Gasteiger partial charge in [-0.2, -0.15) is 0 Å². The molecule has 0 spiro atoms. The van der Waals surface area contributed by atoms with Crippen LogP contribution in [0.2, 0.25) is 0 Å². The van der Waals surface area contributed by atoms with Crippen molar-refractivity contribution in [3.8, 4) is 0 Å². The summed E-state index contributed by atoms with van der Waals surface area (Å²) in [7, 11) is 0. The molecule has 4 heteroatoms. The lowest BCUT2D eigenvalue weighted by atomic mass is 9.83. The fourth-order valence-corrected chi connectivity index (χ4v) is 2.17. The zero-order valence-electron chi connectivity index (χ0n) is 16.9. The van der Waals surface area contributed by atoms with E-state index in [1.165, 1.54) is 19.4 Å². The van der Waals surface area contributed by atoms with Crippen LogP contribution in [0.1, 0.15) is 77.7 Å². The van der Waals surface area contributed by atoms with Crippen LogP contribution in [-0.2, 0) is 20.7 Å². The van der Waals surface area contributed by atoms with Gasteiger partial charge in [-0.3, -0.25) is 0 Å². The fourth-order valence-electron chi connectivity index (χ4n) is 2.17. The summed E-state index contributed by atoms with van der Waals surface area (Å²) >= 11 is 0. The Kier molecular flexibility index (Phi) is 6.44. The topological polar surface area (TPSA) is 52.6 Å². The summed E-state index contributed by atoms with van der Waals surface area (Å²) < 4.78 is 10.7. The molecule has 1 rings (SSSR count). The third kappa shape index (κ3) is 6.89. The highest BCUT2D eigenvalue weighted by atomic mass is 16.6. The highest BCUT2D eigenvalue weighted by molar-refractivity contribution is 5.92. The van der Waals surface area contributed by atoms with Crippen molar-refractivity contribution in [2.75, 3.05) is 0 Å². The van der Waals surface area contributed by atoms with Crippen LogP contribution in [0.15, 0.2) is 24.3 Å². The Morgan fingerprint density at radius 2 is 1.40 bits per heavy atom. The van der Waals surface area contributed by atoms with E-state index in [2.05, 4.69) is 20.8 Å². The van der Waals surface area contributed by atoms with E-state index < -0.39 is 23.1 Å². The first-order valence-electron chi connectivity index (χ1n) is 8.81. The summed E-state index contributed by atoms with van der Waals surface area (Å²) in [6.07, 6.45) is 2.03. The van der Waals surface area contributed by atoms with Gasteiger partial charge in [-0.1, -0.05) is 39.3 Å². The SMILES string of the molecule is CCC(C)(C)Cc1ccc(C(=O)OC(C)(C)C(=O)OC(C)(C)C)cc1. The Bertz CT molecular complexity index is 604. The summed E-state index contributed by atoms with van der Waals surface area (Å²) in [5, 5.41) is 0. The summed E-state index contributed by atoms with van der Waals surface area (Å²) in [5.41, 5.74) is -0.146. The molecule has 0 N–H and O–H groups in total. The fraction of sp³-hybridized carbons (Fsp3) is 0.619. The normalized spacial score (nSPS) is 12.6. The van der Waals surface area contributed by atoms with Gasteiger partial charge in [-0.15, -0.1) is 0 Å². The second-order valence-electron chi connectivity index (χ2n) is 8.79. The molecule has 4 nitrogen and oxygen atoms in total. The Balaban J connectivity index is 2.79. The second kappa shape index (κ2) is 7.59. The van der Waals surface area contributed by atoms with Gasteiger partial charge in [0.2, 0.25) is 5.60 Å². The first-order chi connectivity index (χ1) is 11.3. The van der Waals surface area contributed by atoms with E-state index in [-0.39, 0.29) is 5.41 Å². The van der Waals surface area contributed by atoms with Crippen LogP contribution in [0.5, 0.6) is 0 Å². The lowest BCUT2D eigenvalue weighted by Gasteiger charge is -2.28. The van der Waals surface area contributed by atoms with Crippen LogP contribution in [0.25, 0.3) is 0 Å². The smallest absolute Gasteiger partial charge is 0.350 e. The average molecular weight is 348 g/mol. The summed E-state index contributed by atoms with van der Waals surface area (Å²) in [6, 6.07) is 7.37. The number of carbonyl (C=O) groups is 2. The van der Waals surface area contributed by atoms with Gasteiger partial charge in [0.15, 0.2) is 0 Å². The highest BCUT2D eigenvalue weighted by Gasteiger charge is 2.36. The molecule has 0 saturated carbocycles. The zero-order valence-corrected chi connectivity index (χ0v) is 16.9. The van der Waals surface area contributed by atoms with E-state index in [4.69, 9.17) is 9.47 Å². The van der Waals surface area contributed by atoms with Gasteiger partial charge >= 0.3 is 11.9 Å². The largest absolute Gasteiger partial charge is 0.457 e. The van der Waals surface area contributed by atoms with E-state index in [1.807, 2.05) is 12.1 Å². The number of hydrogen-bond acceptors (Lipinski definition) is 4. The number of benzene rings is 1. The van der Waals surface area contributed by atoms with Gasteiger partial charge in [0.1, 0.15) is 5.60 Å². The molecule has 0 amide bonds. The molecule has 1 aromatic carbocycles. The van der Waals surface area contributed by atoms with E-state index >= 15 is 0 Å². The molecule has 0 aliphatic carbocycles. The van der Waals surface area contributed by atoms with Crippen molar-refractivity contribution < 1.29 is 19.1 Å². The average Bonchev–Trinajstić information content (AvgIpc) is 2.45. The molecular weight excluding hydrogens is 316 g/mol. The van der Waals surface area contributed by atoms with Crippen LogP contribution in [0.4, 0.5) is 0 Å². The molecule has 0 aromatic heterocycles. The molecule has 0 fully saturated rings. The van der Waals surface area contributed by atoms with Crippen molar-refractivity contribution in [3.63, 3.8) is 0 Å². The lowest BCUT2D eigenvalue weighted by Crippen LogP contribution is -2.42. The van der Waals surface area contributed by atoms with Crippen LogP contribution in [-0.4, -0.2) is 23.1 Å².